The molecule has 0 radical (unpaired) electrons. The van der Waals surface area contributed by atoms with Crippen LogP contribution in [0.1, 0.15) is 44.3 Å². The zero-order chi connectivity index (χ0) is 14.6. The van der Waals surface area contributed by atoms with Crippen LogP contribution in [-0.4, -0.2) is 16.6 Å². The lowest BCUT2D eigenvalue weighted by Crippen LogP contribution is -2.23. The summed E-state index contributed by atoms with van der Waals surface area (Å²) in [5, 5.41) is 0. The van der Waals surface area contributed by atoms with Gasteiger partial charge in [0.15, 0.2) is 11.6 Å². The van der Waals surface area contributed by atoms with E-state index >= 15 is 0 Å². The van der Waals surface area contributed by atoms with Gasteiger partial charge in [-0.05, 0) is 40.4 Å². The van der Waals surface area contributed by atoms with Gasteiger partial charge in [0.25, 0.3) is 0 Å². The van der Waals surface area contributed by atoms with E-state index in [4.69, 9.17) is 0 Å². The molecule has 0 saturated carbocycles. The van der Waals surface area contributed by atoms with E-state index in [2.05, 4.69) is 20.9 Å². The number of aromatic nitrogens is 1. The normalized spacial score (nSPS) is 20.7. The predicted molar refractivity (Wildman–Crippen MR) is 81.6 cm³/mol. The van der Waals surface area contributed by atoms with Gasteiger partial charge < -0.3 is 0 Å². The second-order valence-electron chi connectivity index (χ2n) is 5.59. The Morgan fingerprint density at radius 2 is 1.76 bits per heavy atom. The van der Waals surface area contributed by atoms with Crippen LogP contribution in [0.15, 0.2) is 41.0 Å². The van der Waals surface area contributed by atoms with Crippen molar-refractivity contribution in [3.05, 3.63) is 63.4 Å². The van der Waals surface area contributed by atoms with E-state index < -0.39 is 5.92 Å². The SMILES string of the molecule is O=C1c2ccccc2C(=O)C1C1CCc2cc(Br)cnc21. The summed E-state index contributed by atoms with van der Waals surface area (Å²) in [5.41, 5.74) is 3.19. The number of fused-ring (bicyclic) bond motifs is 2. The van der Waals surface area contributed by atoms with Crippen LogP contribution < -0.4 is 0 Å². The number of hydrogen-bond donors (Lipinski definition) is 0. The Labute approximate surface area is 130 Å². The number of Topliss-reactive ketones (excluding diaryl/α,β-unsaturated/α-hetero) is 2. The van der Waals surface area contributed by atoms with Crippen LogP contribution in [-0.2, 0) is 6.42 Å². The Morgan fingerprint density at radius 3 is 2.43 bits per heavy atom. The molecule has 1 aromatic heterocycles. The van der Waals surface area contributed by atoms with Crippen molar-refractivity contribution in [2.75, 3.05) is 0 Å². The molecule has 3 nitrogen and oxygen atoms in total. The highest BCUT2D eigenvalue weighted by atomic mass is 79.9. The van der Waals surface area contributed by atoms with Gasteiger partial charge in [0, 0.05) is 33.4 Å². The second kappa shape index (κ2) is 4.60. The minimum absolute atomic E-state index is 0.0434. The maximum Gasteiger partial charge on any atom is 0.175 e. The molecule has 2 aromatic rings. The van der Waals surface area contributed by atoms with Gasteiger partial charge >= 0.3 is 0 Å². The molecule has 1 atom stereocenters. The van der Waals surface area contributed by atoms with Crippen molar-refractivity contribution in [1.29, 1.82) is 0 Å². The molecule has 0 amide bonds. The highest BCUT2D eigenvalue weighted by Crippen LogP contribution is 2.43. The molecule has 2 aliphatic carbocycles. The van der Waals surface area contributed by atoms with Crippen molar-refractivity contribution in [2.45, 2.75) is 18.8 Å². The highest BCUT2D eigenvalue weighted by Gasteiger charge is 2.46. The van der Waals surface area contributed by atoms with Crippen LogP contribution in [0, 0.1) is 5.92 Å². The number of aryl methyl sites for hydroxylation is 1. The van der Waals surface area contributed by atoms with Gasteiger partial charge in [0.05, 0.1) is 5.92 Å². The summed E-state index contributed by atoms with van der Waals surface area (Å²) < 4.78 is 0.939. The molecule has 0 bridgehead atoms. The summed E-state index contributed by atoms with van der Waals surface area (Å²) in [7, 11) is 0. The molecule has 104 valence electrons. The third-order valence-corrected chi connectivity index (χ3v) is 4.90. The Morgan fingerprint density at radius 1 is 1.10 bits per heavy atom. The number of nitrogens with zero attached hydrogens (tertiary/aromatic N) is 1. The minimum Gasteiger partial charge on any atom is -0.293 e. The van der Waals surface area contributed by atoms with Crippen molar-refractivity contribution in [3.63, 3.8) is 0 Å². The summed E-state index contributed by atoms with van der Waals surface area (Å²) in [6.45, 7) is 0. The standard InChI is InChI=1S/C17H12BrNO2/c18-10-7-9-5-6-13(15(9)19-8-10)14-16(20)11-3-1-2-4-12(11)17(14)21/h1-4,7-8,13-14H,5-6H2. The van der Waals surface area contributed by atoms with Crippen molar-refractivity contribution < 1.29 is 9.59 Å². The minimum atomic E-state index is -0.586. The van der Waals surface area contributed by atoms with Crippen LogP contribution in [0.3, 0.4) is 0 Å². The summed E-state index contributed by atoms with van der Waals surface area (Å²) in [6.07, 6.45) is 3.43. The molecule has 0 saturated heterocycles. The van der Waals surface area contributed by atoms with Gasteiger partial charge in [0.2, 0.25) is 0 Å². The second-order valence-corrected chi connectivity index (χ2v) is 6.51. The highest BCUT2D eigenvalue weighted by molar-refractivity contribution is 9.10. The Kier molecular flexibility index (Phi) is 2.82. The van der Waals surface area contributed by atoms with Gasteiger partial charge in [-0.2, -0.15) is 0 Å². The Bertz CT molecular complexity index is 749. The molecule has 1 heterocycles. The molecule has 0 aliphatic heterocycles. The quantitative estimate of drug-likeness (QED) is 0.745. The zero-order valence-corrected chi connectivity index (χ0v) is 12.8. The van der Waals surface area contributed by atoms with Crippen LogP contribution in [0.2, 0.25) is 0 Å². The fraction of sp³-hybridized carbons (Fsp3) is 0.235. The average Bonchev–Trinajstić information content (AvgIpc) is 2.99. The van der Waals surface area contributed by atoms with Crippen molar-refractivity contribution in [1.82, 2.24) is 4.98 Å². The van der Waals surface area contributed by atoms with E-state index in [9.17, 15) is 9.59 Å². The maximum absolute atomic E-state index is 12.6. The summed E-state index contributed by atoms with van der Waals surface area (Å²) in [5.74, 6) is -0.755. The first-order chi connectivity index (χ1) is 10.2. The number of rotatable bonds is 1. The Balaban J connectivity index is 1.78. The summed E-state index contributed by atoms with van der Waals surface area (Å²) >= 11 is 3.42. The van der Waals surface area contributed by atoms with Gasteiger partial charge in [-0.25, -0.2) is 0 Å². The lowest BCUT2D eigenvalue weighted by atomic mass is 9.86. The van der Waals surface area contributed by atoms with E-state index in [0.29, 0.717) is 11.1 Å². The average molecular weight is 342 g/mol. The van der Waals surface area contributed by atoms with Crippen molar-refractivity contribution in [2.24, 2.45) is 5.92 Å². The number of ketones is 2. The largest absolute Gasteiger partial charge is 0.293 e. The van der Waals surface area contributed by atoms with Crippen LogP contribution in [0.25, 0.3) is 0 Å². The van der Waals surface area contributed by atoms with Gasteiger partial charge in [0.1, 0.15) is 0 Å². The molecular formula is C17H12BrNO2. The van der Waals surface area contributed by atoms with E-state index in [1.807, 2.05) is 18.2 Å². The fourth-order valence-electron chi connectivity index (χ4n) is 3.53. The summed E-state index contributed by atoms with van der Waals surface area (Å²) in [4.78, 5) is 29.7. The molecular weight excluding hydrogens is 330 g/mol. The van der Waals surface area contributed by atoms with E-state index in [-0.39, 0.29) is 17.5 Å². The molecule has 1 unspecified atom stereocenters. The third-order valence-electron chi connectivity index (χ3n) is 4.47. The van der Waals surface area contributed by atoms with Gasteiger partial charge in [-0.3, -0.25) is 14.6 Å². The third kappa shape index (κ3) is 1.82. The number of benzene rings is 1. The van der Waals surface area contributed by atoms with Gasteiger partial charge in [-0.15, -0.1) is 0 Å². The van der Waals surface area contributed by atoms with Crippen molar-refractivity contribution in [3.8, 4) is 0 Å². The first-order valence-corrected chi connectivity index (χ1v) is 7.78. The number of hydrogen-bond acceptors (Lipinski definition) is 3. The first kappa shape index (κ1) is 12.9. The molecule has 0 fully saturated rings. The number of pyridine rings is 1. The van der Waals surface area contributed by atoms with Crippen molar-refractivity contribution >= 4 is 27.5 Å². The fourth-order valence-corrected chi connectivity index (χ4v) is 3.91. The van der Waals surface area contributed by atoms with E-state index in [0.717, 1.165) is 28.6 Å². The van der Waals surface area contributed by atoms with Crippen LogP contribution >= 0.6 is 15.9 Å². The number of halogens is 1. The lowest BCUT2D eigenvalue weighted by Gasteiger charge is -2.15. The van der Waals surface area contributed by atoms with Crippen LogP contribution in [0.5, 0.6) is 0 Å². The molecule has 0 spiro atoms. The molecule has 1 aromatic carbocycles. The predicted octanol–water partition coefficient (Wildman–Crippen LogP) is 3.57. The number of carbonyl (C=O) groups is 2. The van der Waals surface area contributed by atoms with Crippen LogP contribution in [0.4, 0.5) is 0 Å². The lowest BCUT2D eigenvalue weighted by molar-refractivity contribution is 0.0813. The summed E-state index contributed by atoms with van der Waals surface area (Å²) in [6, 6.07) is 9.16. The molecule has 4 heteroatoms. The molecule has 2 aliphatic rings. The van der Waals surface area contributed by atoms with E-state index in [1.165, 1.54) is 0 Å². The smallest absolute Gasteiger partial charge is 0.175 e. The molecule has 4 rings (SSSR count). The van der Waals surface area contributed by atoms with E-state index in [1.54, 1.807) is 18.3 Å². The zero-order valence-electron chi connectivity index (χ0n) is 11.2. The Hall–Kier alpha value is -1.81. The number of carbonyl (C=O) groups excluding carboxylic acids is 2. The monoisotopic (exact) mass is 341 g/mol. The molecule has 0 N–H and O–H groups in total. The first-order valence-electron chi connectivity index (χ1n) is 6.98. The van der Waals surface area contributed by atoms with Gasteiger partial charge in [-0.1, -0.05) is 24.3 Å². The molecule has 21 heavy (non-hydrogen) atoms. The topological polar surface area (TPSA) is 47.0 Å². The maximum atomic E-state index is 12.6.